The Hall–Kier alpha value is -3.55. The molecule has 0 atom stereocenters. The average molecular weight is 389 g/mol. The zero-order chi connectivity index (χ0) is 20.1. The van der Waals surface area contributed by atoms with E-state index >= 15 is 0 Å². The van der Waals surface area contributed by atoms with E-state index in [1.807, 2.05) is 35.2 Å². The molecule has 0 unspecified atom stereocenters. The fourth-order valence-electron chi connectivity index (χ4n) is 3.28. The van der Waals surface area contributed by atoms with E-state index in [0.29, 0.717) is 56.0 Å². The molecular weight excluding hydrogens is 366 g/mol. The highest BCUT2D eigenvalue weighted by atomic mass is 16.2. The van der Waals surface area contributed by atoms with Crippen molar-refractivity contribution >= 4 is 17.7 Å². The predicted molar refractivity (Wildman–Crippen MR) is 111 cm³/mol. The highest BCUT2D eigenvalue weighted by Crippen LogP contribution is 2.14. The molecule has 1 aliphatic heterocycles. The summed E-state index contributed by atoms with van der Waals surface area (Å²) in [6.45, 7) is 5.04. The predicted octanol–water partition coefficient (Wildman–Crippen LogP) is 2.15. The number of piperazine rings is 1. The number of aryl methyl sites for hydroxylation is 1. The van der Waals surface area contributed by atoms with Gasteiger partial charge in [-0.05, 0) is 18.6 Å². The number of hydrogen-bond donors (Lipinski definition) is 1. The monoisotopic (exact) mass is 389 g/mol. The molecule has 0 aliphatic carbocycles. The first kappa shape index (κ1) is 18.8. The van der Waals surface area contributed by atoms with Crippen molar-refractivity contribution in [2.45, 2.75) is 13.5 Å². The van der Waals surface area contributed by atoms with Crippen LogP contribution in [0.1, 0.15) is 21.9 Å². The fraction of sp³-hybridized carbons (Fsp3) is 0.286. The largest absolute Gasteiger partial charge is 0.366 e. The van der Waals surface area contributed by atoms with Crippen LogP contribution in [-0.4, -0.2) is 56.9 Å². The Morgan fingerprint density at radius 2 is 1.72 bits per heavy atom. The van der Waals surface area contributed by atoms with Gasteiger partial charge >= 0.3 is 0 Å². The third-order valence-electron chi connectivity index (χ3n) is 4.78. The normalized spacial score (nSPS) is 14.0. The summed E-state index contributed by atoms with van der Waals surface area (Å²) in [6.07, 6.45) is 3.46. The number of carbonyl (C=O) groups is 1. The highest BCUT2D eigenvalue weighted by Gasteiger charge is 2.24. The van der Waals surface area contributed by atoms with Crippen LogP contribution in [0.2, 0.25) is 0 Å². The smallest absolute Gasteiger partial charge is 0.272 e. The Bertz CT molecular complexity index is 957. The van der Waals surface area contributed by atoms with Gasteiger partial charge in [0.15, 0.2) is 0 Å². The molecule has 1 aliphatic rings. The minimum Gasteiger partial charge on any atom is -0.366 e. The maximum absolute atomic E-state index is 13.0. The first-order valence-corrected chi connectivity index (χ1v) is 9.64. The van der Waals surface area contributed by atoms with Gasteiger partial charge in [0, 0.05) is 51.2 Å². The molecule has 0 radical (unpaired) electrons. The van der Waals surface area contributed by atoms with Crippen molar-refractivity contribution in [3.63, 3.8) is 0 Å². The molecule has 4 rings (SSSR count). The van der Waals surface area contributed by atoms with E-state index in [0.717, 1.165) is 5.56 Å². The highest BCUT2D eigenvalue weighted by molar-refractivity contribution is 5.93. The van der Waals surface area contributed by atoms with Crippen molar-refractivity contribution in [1.29, 1.82) is 0 Å². The van der Waals surface area contributed by atoms with Gasteiger partial charge in [-0.1, -0.05) is 30.3 Å². The van der Waals surface area contributed by atoms with Gasteiger partial charge in [-0.15, -0.1) is 0 Å². The van der Waals surface area contributed by atoms with Crippen LogP contribution < -0.4 is 10.2 Å². The number of nitrogens with zero attached hydrogens (tertiary/aromatic N) is 6. The van der Waals surface area contributed by atoms with Crippen LogP contribution in [0, 0.1) is 6.92 Å². The lowest BCUT2D eigenvalue weighted by atomic mass is 10.2. The molecule has 2 aromatic heterocycles. The second-order valence-electron chi connectivity index (χ2n) is 6.85. The fourth-order valence-corrected chi connectivity index (χ4v) is 3.28. The van der Waals surface area contributed by atoms with Crippen molar-refractivity contribution in [3.8, 4) is 0 Å². The third-order valence-corrected chi connectivity index (χ3v) is 4.78. The summed E-state index contributed by atoms with van der Waals surface area (Å²) < 4.78 is 0. The van der Waals surface area contributed by atoms with Gasteiger partial charge in [0.1, 0.15) is 17.3 Å². The lowest BCUT2D eigenvalue weighted by Crippen LogP contribution is -2.49. The molecule has 3 heterocycles. The molecule has 0 saturated carbocycles. The summed E-state index contributed by atoms with van der Waals surface area (Å²) in [5.74, 6) is 1.85. The Morgan fingerprint density at radius 3 is 2.45 bits per heavy atom. The number of benzene rings is 1. The minimum atomic E-state index is -0.0770. The van der Waals surface area contributed by atoms with Gasteiger partial charge in [-0.25, -0.2) is 19.9 Å². The summed E-state index contributed by atoms with van der Waals surface area (Å²) in [4.78, 5) is 34.2. The molecule has 1 saturated heterocycles. The van der Waals surface area contributed by atoms with E-state index in [9.17, 15) is 4.79 Å². The Labute approximate surface area is 169 Å². The van der Waals surface area contributed by atoms with Crippen molar-refractivity contribution in [1.82, 2.24) is 24.8 Å². The zero-order valence-corrected chi connectivity index (χ0v) is 16.3. The van der Waals surface area contributed by atoms with Crippen LogP contribution in [0.3, 0.4) is 0 Å². The van der Waals surface area contributed by atoms with E-state index in [-0.39, 0.29) is 5.91 Å². The van der Waals surface area contributed by atoms with Gasteiger partial charge in [0.05, 0.1) is 0 Å². The molecule has 8 nitrogen and oxygen atoms in total. The summed E-state index contributed by atoms with van der Waals surface area (Å²) in [5.41, 5.74) is 1.56. The molecular formula is C21H23N7O. The molecule has 0 spiro atoms. The third kappa shape index (κ3) is 4.66. The molecule has 1 amide bonds. The molecule has 0 bridgehead atoms. The van der Waals surface area contributed by atoms with Crippen LogP contribution in [0.25, 0.3) is 0 Å². The van der Waals surface area contributed by atoms with E-state index < -0.39 is 0 Å². The molecule has 148 valence electrons. The van der Waals surface area contributed by atoms with Crippen molar-refractivity contribution in [3.05, 3.63) is 71.9 Å². The van der Waals surface area contributed by atoms with Crippen LogP contribution in [0.4, 0.5) is 11.8 Å². The number of aromatic nitrogens is 4. The first-order valence-electron chi connectivity index (χ1n) is 9.64. The van der Waals surface area contributed by atoms with Crippen molar-refractivity contribution in [2.75, 3.05) is 36.4 Å². The topological polar surface area (TPSA) is 87.1 Å². The van der Waals surface area contributed by atoms with Gasteiger partial charge in [0.25, 0.3) is 5.91 Å². The van der Waals surface area contributed by atoms with E-state index in [4.69, 9.17) is 0 Å². The van der Waals surface area contributed by atoms with Crippen LogP contribution in [0.15, 0.2) is 54.9 Å². The first-order chi connectivity index (χ1) is 14.2. The van der Waals surface area contributed by atoms with Gasteiger partial charge in [-0.2, -0.15) is 0 Å². The van der Waals surface area contributed by atoms with Crippen molar-refractivity contribution < 1.29 is 4.79 Å². The summed E-state index contributed by atoms with van der Waals surface area (Å²) >= 11 is 0. The lowest BCUT2D eigenvalue weighted by Gasteiger charge is -2.34. The van der Waals surface area contributed by atoms with E-state index in [2.05, 4.69) is 30.2 Å². The molecule has 1 fully saturated rings. The lowest BCUT2D eigenvalue weighted by molar-refractivity contribution is 0.0740. The van der Waals surface area contributed by atoms with Crippen molar-refractivity contribution in [2.24, 2.45) is 0 Å². The van der Waals surface area contributed by atoms with Gasteiger partial charge in [0.2, 0.25) is 5.95 Å². The Morgan fingerprint density at radius 1 is 1.00 bits per heavy atom. The second kappa shape index (κ2) is 8.64. The Balaban J connectivity index is 1.40. The summed E-state index contributed by atoms with van der Waals surface area (Å²) in [7, 11) is 0. The maximum Gasteiger partial charge on any atom is 0.272 e. The molecule has 29 heavy (non-hydrogen) atoms. The number of hydrogen-bond acceptors (Lipinski definition) is 7. The SMILES string of the molecule is Cc1nc(NCc2ccccc2)cc(C(=O)N2CCN(c3ncccn3)CC2)n1. The standard InChI is InChI=1S/C21H23N7O/c1-16-25-18(14-19(26-16)24-15-17-6-3-2-4-7-17)20(29)27-10-12-28(13-11-27)21-22-8-5-9-23-21/h2-9,14H,10-13,15H2,1H3,(H,24,25,26). The summed E-state index contributed by atoms with van der Waals surface area (Å²) in [6, 6.07) is 13.6. The zero-order valence-electron chi connectivity index (χ0n) is 16.3. The minimum absolute atomic E-state index is 0.0770. The maximum atomic E-state index is 13.0. The van der Waals surface area contributed by atoms with Crippen LogP contribution in [-0.2, 0) is 6.54 Å². The van der Waals surface area contributed by atoms with E-state index in [1.54, 1.807) is 31.5 Å². The molecule has 8 heteroatoms. The number of rotatable bonds is 5. The molecule has 3 aromatic rings. The van der Waals surface area contributed by atoms with E-state index in [1.165, 1.54) is 0 Å². The van der Waals surface area contributed by atoms with Gasteiger partial charge < -0.3 is 15.1 Å². The second-order valence-corrected chi connectivity index (χ2v) is 6.85. The number of carbonyl (C=O) groups excluding carboxylic acids is 1. The van der Waals surface area contributed by atoms with Gasteiger partial charge in [-0.3, -0.25) is 4.79 Å². The van der Waals surface area contributed by atoms with Crippen LogP contribution in [0.5, 0.6) is 0 Å². The van der Waals surface area contributed by atoms with Crippen LogP contribution >= 0.6 is 0 Å². The average Bonchev–Trinajstić information content (AvgIpc) is 2.78. The number of amides is 1. The summed E-state index contributed by atoms with van der Waals surface area (Å²) in [5, 5.41) is 3.28. The molecule has 1 aromatic carbocycles. The number of anilines is 2. The Kier molecular flexibility index (Phi) is 5.60. The molecule has 1 N–H and O–H groups in total. The number of nitrogens with one attached hydrogen (secondary N) is 1. The quantitative estimate of drug-likeness (QED) is 0.715.